The number of hydrogen-bond donors (Lipinski definition) is 1. The standard InChI is InChI=1S/C12H14N2O2/c1-2-6-10(15)12-13-11(14-16-12)9-7-4-3-5-8-9/h3-5,7-8,10,15H,2,6H2,1H3. The van der Waals surface area contributed by atoms with Crippen molar-refractivity contribution in [1.82, 2.24) is 10.1 Å². The van der Waals surface area contributed by atoms with Gasteiger partial charge in [0.1, 0.15) is 6.10 Å². The van der Waals surface area contributed by atoms with E-state index < -0.39 is 6.10 Å². The van der Waals surface area contributed by atoms with Gasteiger partial charge in [-0.3, -0.25) is 0 Å². The smallest absolute Gasteiger partial charge is 0.255 e. The lowest BCUT2D eigenvalue weighted by Crippen LogP contribution is -1.96. The lowest BCUT2D eigenvalue weighted by atomic mass is 10.2. The number of hydrogen-bond acceptors (Lipinski definition) is 4. The zero-order chi connectivity index (χ0) is 11.4. The largest absolute Gasteiger partial charge is 0.383 e. The van der Waals surface area contributed by atoms with Crippen LogP contribution in [0, 0.1) is 0 Å². The highest BCUT2D eigenvalue weighted by atomic mass is 16.5. The molecule has 0 amide bonds. The number of aliphatic hydroxyl groups is 1. The molecule has 0 spiro atoms. The molecule has 0 bridgehead atoms. The molecule has 1 unspecified atom stereocenters. The molecule has 0 fully saturated rings. The Morgan fingerprint density at radius 2 is 2.06 bits per heavy atom. The van der Waals surface area contributed by atoms with Gasteiger partial charge in [0, 0.05) is 5.56 Å². The summed E-state index contributed by atoms with van der Waals surface area (Å²) in [6, 6.07) is 9.56. The fourth-order valence-corrected chi connectivity index (χ4v) is 1.47. The number of aliphatic hydroxyl groups excluding tert-OH is 1. The van der Waals surface area contributed by atoms with Crippen molar-refractivity contribution in [3.63, 3.8) is 0 Å². The molecule has 1 aromatic carbocycles. The number of rotatable bonds is 4. The van der Waals surface area contributed by atoms with Gasteiger partial charge in [-0.2, -0.15) is 4.98 Å². The molecule has 0 aliphatic carbocycles. The highest BCUT2D eigenvalue weighted by Gasteiger charge is 2.15. The van der Waals surface area contributed by atoms with Crippen molar-refractivity contribution in [3.05, 3.63) is 36.2 Å². The van der Waals surface area contributed by atoms with Gasteiger partial charge in [-0.05, 0) is 6.42 Å². The molecule has 4 nitrogen and oxygen atoms in total. The molecule has 2 rings (SSSR count). The second-order valence-electron chi connectivity index (χ2n) is 3.63. The SMILES string of the molecule is CCCC(O)c1nc(-c2ccccc2)no1. The van der Waals surface area contributed by atoms with E-state index in [1.54, 1.807) is 0 Å². The van der Waals surface area contributed by atoms with Gasteiger partial charge >= 0.3 is 0 Å². The van der Waals surface area contributed by atoms with Crippen LogP contribution >= 0.6 is 0 Å². The normalized spacial score (nSPS) is 12.6. The average Bonchev–Trinajstić information content (AvgIpc) is 2.80. The van der Waals surface area contributed by atoms with Crippen molar-refractivity contribution < 1.29 is 9.63 Å². The zero-order valence-electron chi connectivity index (χ0n) is 9.13. The summed E-state index contributed by atoms with van der Waals surface area (Å²) < 4.78 is 5.02. The van der Waals surface area contributed by atoms with Crippen LogP contribution in [0.3, 0.4) is 0 Å². The third kappa shape index (κ3) is 2.28. The summed E-state index contributed by atoms with van der Waals surface area (Å²) in [5, 5.41) is 13.5. The first kappa shape index (κ1) is 10.8. The van der Waals surface area contributed by atoms with E-state index >= 15 is 0 Å². The molecule has 0 radical (unpaired) electrons. The molecule has 0 aliphatic rings. The van der Waals surface area contributed by atoms with E-state index in [0.29, 0.717) is 18.1 Å². The molecule has 1 aromatic heterocycles. The molecule has 1 heterocycles. The van der Waals surface area contributed by atoms with Gasteiger partial charge in [-0.1, -0.05) is 48.8 Å². The molecule has 84 valence electrons. The van der Waals surface area contributed by atoms with Crippen molar-refractivity contribution in [2.75, 3.05) is 0 Å². The highest BCUT2D eigenvalue weighted by molar-refractivity contribution is 5.53. The predicted molar refractivity (Wildman–Crippen MR) is 59.6 cm³/mol. The Morgan fingerprint density at radius 3 is 2.75 bits per heavy atom. The molecule has 0 saturated heterocycles. The summed E-state index contributed by atoms with van der Waals surface area (Å²) in [7, 11) is 0. The summed E-state index contributed by atoms with van der Waals surface area (Å²) in [4.78, 5) is 4.17. The van der Waals surface area contributed by atoms with E-state index in [2.05, 4.69) is 10.1 Å². The van der Waals surface area contributed by atoms with Crippen molar-refractivity contribution in [1.29, 1.82) is 0 Å². The Kier molecular flexibility index (Phi) is 3.31. The van der Waals surface area contributed by atoms with Crippen LogP contribution in [0.2, 0.25) is 0 Å². The Hall–Kier alpha value is -1.68. The van der Waals surface area contributed by atoms with Crippen LogP contribution in [0.25, 0.3) is 11.4 Å². The Labute approximate surface area is 93.9 Å². The van der Waals surface area contributed by atoms with Gasteiger partial charge in [0.2, 0.25) is 5.82 Å². The highest BCUT2D eigenvalue weighted by Crippen LogP contribution is 2.20. The molecule has 2 aromatic rings. The molecule has 1 atom stereocenters. The van der Waals surface area contributed by atoms with Crippen LogP contribution in [0.5, 0.6) is 0 Å². The van der Waals surface area contributed by atoms with Gasteiger partial charge in [0.05, 0.1) is 0 Å². The molecular weight excluding hydrogens is 204 g/mol. The van der Waals surface area contributed by atoms with Gasteiger partial charge in [-0.15, -0.1) is 0 Å². The maximum absolute atomic E-state index is 9.68. The molecular formula is C12H14N2O2. The lowest BCUT2D eigenvalue weighted by molar-refractivity contribution is 0.124. The minimum Gasteiger partial charge on any atom is -0.383 e. The van der Waals surface area contributed by atoms with Gasteiger partial charge in [-0.25, -0.2) is 0 Å². The first-order valence-electron chi connectivity index (χ1n) is 5.38. The van der Waals surface area contributed by atoms with Crippen LogP contribution in [0.15, 0.2) is 34.9 Å². The second kappa shape index (κ2) is 4.90. The first-order valence-corrected chi connectivity index (χ1v) is 5.38. The fourth-order valence-electron chi connectivity index (χ4n) is 1.47. The minimum absolute atomic E-state index is 0.292. The number of benzene rings is 1. The predicted octanol–water partition coefficient (Wildman–Crippen LogP) is 2.57. The van der Waals surface area contributed by atoms with Crippen LogP contribution in [-0.2, 0) is 0 Å². The third-order valence-corrected chi connectivity index (χ3v) is 2.32. The summed E-state index contributed by atoms with van der Waals surface area (Å²) in [6.07, 6.45) is 0.857. The second-order valence-corrected chi connectivity index (χ2v) is 3.63. The van der Waals surface area contributed by atoms with E-state index in [4.69, 9.17) is 4.52 Å². The fraction of sp³-hybridized carbons (Fsp3) is 0.333. The number of nitrogens with zero attached hydrogens (tertiary/aromatic N) is 2. The molecule has 16 heavy (non-hydrogen) atoms. The van der Waals surface area contributed by atoms with E-state index in [-0.39, 0.29) is 0 Å². The Bertz CT molecular complexity index is 439. The Morgan fingerprint density at radius 1 is 1.31 bits per heavy atom. The maximum atomic E-state index is 9.68. The van der Waals surface area contributed by atoms with Crippen LogP contribution in [0.4, 0.5) is 0 Å². The van der Waals surface area contributed by atoms with E-state index in [1.807, 2.05) is 37.3 Å². The summed E-state index contributed by atoms with van der Waals surface area (Å²) >= 11 is 0. The summed E-state index contributed by atoms with van der Waals surface area (Å²) in [5.74, 6) is 0.812. The van der Waals surface area contributed by atoms with Gasteiger partial charge in [0.25, 0.3) is 5.89 Å². The van der Waals surface area contributed by atoms with E-state index in [9.17, 15) is 5.11 Å². The van der Waals surface area contributed by atoms with Crippen molar-refractivity contribution in [2.45, 2.75) is 25.9 Å². The molecule has 4 heteroatoms. The van der Waals surface area contributed by atoms with E-state index in [0.717, 1.165) is 12.0 Å². The minimum atomic E-state index is -0.657. The third-order valence-electron chi connectivity index (χ3n) is 2.32. The van der Waals surface area contributed by atoms with Crippen LogP contribution in [-0.4, -0.2) is 15.2 Å². The monoisotopic (exact) mass is 218 g/mol. The zero-order valence-corrected chi connectivity index (χ0v) is 9.13. The maximum Gasteiger partial charge on any atom is 0.255 e. The van der Waals surface area contributed by atoms with Crippen molar-refractivity contribution in [2.24, 2.45) is 0 Å². The quantitative estimate of drug-likeness (QED) is 0.856. The van der Waals surface area contributed by atoms with Crippen molar-refractivity contribution >= 4 is 0 Å². The van der Waals surface area contributed by atoms with Gasteiger partial charge < -0.3 is 9.63 Å². The molecule has 0 saturated carbocycles. The van der Waals surface area contributed by atoms with Gasteiger partial charge in [0.15, 0.2) is 0 Å². The van der Waals surface area contributed by atoms with Crippen LogP contribution < -0.4 is 0 Å². The van der Waals surface area contributed by atoms with E-state index in [1.165, 1.54) is 0 Å². The summed E-state index contributed by atoms with van der Waals surface area (Å²) in [6.45, 7) is 2.00. The topological polar surface area (TPSA) is 59.2 Å². The van der Waals surface area contributed by atoms with Crippen molar-refractivity contribution in [3.8, 4) is 11.4 Å². The lowest BCUT2D eigenvalue weighted by Gasteiger charge is -2.00. The molecule has 0 aliphatic heterocycles. The summed E-state index contributed by atoms with van der Waals surface area (Å²) in [5.41, 5.74) is 0.890. The average molecular weight is 218 g/mol. The number of aromatic nitrogens is 2. The Balaban J connectivity index is 2.20. The molecule has 1 N–H and O–H groups in total. The van der Waals surface area contributed by atoms with Crippen LogP contribution in [0.1, 0.15) is 31.8 Å². The first-order chi connectivity index (χ1) is 7.81.